The van der Waals surface area contributed by atoms with Crippen LogP contribution in [0, 0.1) is 3.70 Å². The molecule has 4 atom stereocenters. The third-order valence-corrected chi connectivity index (χ3v) is 6.33. The predicted octanol–water partition coefficient (Wildman–Crippen LogP) is -2.08. The van der Waals surface area contributed by atoms with Gasteiger partial charge in [-0.2, -0.15) is 0 Å². The van der Waals surface area contributed by atoms with Gasteiger partial charge in [0.1, 0.15) is 12.2 Å². The number of H-pyrrole nitrogens is 1. The van der Waals surface area contributed by atoms with E-state index in [0.717, 1.165) is 9.26 Å². The molecule has 0 spiro atoms. The summed E-state index contributed by atoms with van der Waals surface area (Å²) in [6.45, 7) is 0.569. The normalized spacial score (nSPS) is 26.8. The molecular formula is C17H14BClIN4O4-. The molecule has 2 aliphatic heterocycles. The number of imidazole rings is 1. The average molecular weight is 511 g/mol. The number of rotatable bonds is 4. The number of aliphatic hydroxyl groups is 1. The molecule has 0 amide bonds. The van der Waals surface area contributed by atoms with Crippen molar-refractivity contribution < 1.29 is 40.3 Å². The molecule has 0 aliphatic carbocycles. The van der Waals surface area contributed by atoms with Gasteiger partial charge < -0.3 is 14.6 Å². The molecule has 28 heavy (non-hydrogen) atoms. The van der Waals surface area contributed by atoms with Crippen molar-refractivity contribution in [2.24, 2.45) is 0 Å². The maximum absolute atomic E-state index is 9.84. The Morgan fingerprint density at radius 2 is 2.11 bits per heavy atom. The van der Waals surface area contributed by atoms with Crippen molar-refractivity contribution in [3.63, 3.8) is 0 Å². The Morgan fingerprint density at radius 1 is 1.25 bits per heavy atom. The number of aromatic nitrogens is 4. The van der Waals surface area contributed by atoms with E-state index < -0.39 is 27.1 Å². The first-order chi connectivity index (χ1) is 13.6. The number of hydrogen-bond donors (Lipinski definition) is 2. The number of nitrogens with one attached hydrogen (secondary N) is 1. The molecule has 0 aromatic carbocycles. The maximum atomic E-state index is 9.84. The fourth-order valence-electron chi connectivity index (χ4n) is 3.42. The van der Waals surface area contributed by atoms with E-state index in [4.69, 9.17) is 31.5 Å². The Bertz CT molecular complexity index is 1020. The molecule has 8 nitrogen and oxygen atoms in total. The molecule has 2 fully saturated rings. The van der Waals surface area contributed by atoms with Crippen LogP contribution < -0.4 is 25.7 Å². The summed E-state index contributed by atoms with van der Waals surface area (Å²) in [5.41, 5.74) is 8.22. The third kappa shape index (κ3) is 3.26. The Labute approximate surface area is 176 Å². The number of pyridine rings is 2. The number of aliphatic hydroxyl groups excluding tert-OH is 1. The van der Waals surface area contributed by atoms with Crippen LogP contribution in [-0.2, 0) is 9.47 Å². The van der Waals surface area contributed by atoms with Crippen LogP contribution in [0.1, 0.15) is 0 Å². The first kappa shape index (κ1) is 18.6. The third-order valence-electron chi connectivity index (χ3n) is 4.76. The van der Waals surface area contributed by atoms with Crippen LogP contribution >= 0.6 is 11.6 Å². The quantitative estimate of drug-likeness (QED) is 0.236. The second-order valence-electron chi connectivity index (χ2n) is 6.53. The van der Waals surface area contributed by atoms with Gasteiger partial charge in [0.05, 0.1) is 6.61 Å². The Morgan fingerprint density at radius 3 is 2.89 bits per heavy atom. The molecule has 0 saturated carbocycles. The van der Waals surface area contributed by atoms with E-state index in [0.29, 0.717) is 34.5 Å². The first-order valence-electron chi connectivity index (χ1n) is 8.56. The number of hydrogen-bond acceptors (Lipinski definition) is 7. The SMILES string of the molecule is [B][I-]c1ccc(-c2nc3nc(O[C@@H]4CO[C@H]5[C@@H]4OC[C@H]5O)[nH]c3cc2Cl)cn1. The summed E-state index contributed by atoms with van der Waals surface area (Å²) < 4.78 is 17.9. The zero-order valence-electron chi connectivity index (χ0n) is 14.4. The van der Waals surface area contributed by atoms with Crippen LogP contribution in [0.5, 0.6) is 6.01 Å². The minimum absolute atomic E-state index is 0.245. The number of fused-ring (bicyclic) bond motifs is 2. The van der Waals surface area contributed by atoms with Gasteiger partial charge in [-0.25, -0.2) is 0 Å². The van der Waals surface area contributed by atoms with Gasteiger partial charge in [0.15, 0.2) is 0 Å². The second kappa shape index (κ2) is 7.41. The average Bonchev–Trinajstić information content (AvgIpc) is 3.38. The molecule has 3 aromatic rings. The van der Waals surface area contributed by atoms with Crippen molar-refractivity contribution >= 4 is 28.5 Å². The van der Waals surface area contributed by atoms with Gasteiger partial charge in [-0.15, -0.1) is 0 Å². The fourth-order valence-corrected chi connectivity index (χ4v) is 4.37. The molecule has 2 aliphatic rings. The van der Waals surface area contributed by atoms with Crippen LogP contribution in [0.2, 0.25) is 5.02 Å². The molecule has 0 unspecified atom stereocenters. The van der Waals surface area contributed by atoms with E-state index in [-0.39, 0.29) is 24.9 Å². The van der Waals surface area contributed by atoms with E-state index >= 15 is 0 Å². The summed E-state index contributed by atoms with van der Waals surface area (Å²) in [7, 11) is 0. The Hall–Kier alpha value is -1.47. The summed E-state index contributed by atoms with van der Waals surface area (Å²) in [5, 5.41) is 10.3. The molecular weight excluding hydrogens is 497 g/mol. The van der Waals surface area contributed by atoms with Crippen molar-refractivity contribution in [1.29, 1.82) is 0 Å². The summed E-state index contributed by atoms with van der Waals surface area (Å²) in [6, 6.07) is 5.84. The van der Waals surface area contributed by atoms with Gasteiger partial charge in [0.2, 0.25) is 0 Å². The molecule has 2 radical (unpaired) electrons. The fraction of sp³-hybridized carbons (Fsp3) is 0.353. The minimum atomic E-state index is -0.626. The summed E-state index contributed by atoms with van der Waals surface area (Å²) in [6.07, 6.45) is 0.0583. The van der Waals surface area contributed by atoms with E-state index in [9.17, 15) is 5.11 Å². The number of aromatic amines is 1. The Kier molecular flexibility index (Phi) is 4.91. The molecule has 144 valence electrons. The summed E-state index contributed by atoms with van der Waals surface area (Å²) >= 11 is 5.86. The molecule has 2 saturated heterocycles. The number of halogens is 2. The van der Waals surface area contributed by atoms with Crippen LogP contribution in [0.15, 0.2) is 24.4 Å². The predicted molar refractivity (Wildman–Crippen MR) is 96.5 cm³/mol. The number of nitrogens with zero attached hydrogens (tertiary/aromatic N) is 3. The van der Waals surface area contributed by atoms with E-state index in [1.807, 2.05) is 12.1 Å². The van der Waals surface area contributed by atoms with Gasteiger partial charge in [-0.1, -0.05) is 0 Å². The zero-order chi connectivity index (χ0) is 19.3. The summed E-state index contributed by atoms with van der Waals surface area (Å²) in [5.74, 6) is 0. The summed E-state index contributed by atoms with van der Waals surface area (Å²) in [4.78, 5) is 16.4. The standard InChI is InChI=1S/C17H14BClIN4O4/c18-20-12-2-1-7(4-21-12)13-8(19)3-9-16(23-13)24-17(22-9)28-11-6-27-14-10(25)5-26-15(11)14/h1-4,10-11,14-15,25H,5-6H2,(H,22,23,24)/q-1/t10-,11-,14-,15-/m1/s1. The molecule has 5 heterocycles. The van der Waals surface area contributed by atoms with E-state index in [1.54, 1.807) is 12.3 Å². The Balaban J connectivity index is 1.41. The van der Waals surface area contributed by atoms with Gasteiger partial charge in [-0.3, -0.25) is 0 Å². The van der Waals surface area contributed by atoms with Crippen LogP contribution in [-0.4, -0.2) is 68.4 Å². The van der Waals surface area contributed by atoms with E-state index in [2.05, 4.69) is 19.9 Å². The topological polar surface area (TPSA) is 102 Å². The van der Waals surface area contributed by atoms with Crippen LogP contribution in [0.25, 0.3) is 22.4 Å². The van der Waals surface area contributed by atoms with E-state index in [1.165, 1.54) is 0 Å². The molecule has 3 aromatic heterocycles. The van der Waals surface area contributed by atoms with Gasteiger partial charge in [-0.05, 0) is 0 Å². The van der Waals surface area contributed by atoms with Crippen molar-refractivity contribution in [3.8, 4) is 17.3 Å². The van der Waals surface area contributed by atoms with Crippen molar-refractivity contribution in [2.75, 3.05) is 13.2 Å². The van der Waals surface area contributed by atoms with Crippen LogP contribution in [0.3, 0.4) is 0 Å². The van der Waals surface area contributed by atoms with Crippen molar-refractivity contribution in [3.05, 3.63) is 33.1 Å². The monoisotopic (exact) mass is 511 g/mol. The van der Waals surface area contributed by atoms with Crippen molar-refractivity contribution in [2.45, 2.75) is 24.4 Å². The van der Waals surface area contributed by atoms with Gasteiger partial charge in [0.25, 0.3) is 0 Å². The van der Waals surface area contributed by atoms with Crippen LogP contribution in [0.4, 0.5) is 0 Å². The van der Waals surface area contributed by atoms with Gasteiger partial charge >= 0.3 is 143 Å². The molecule has 0 bridgehead atoms. The number of ether oxygens (including phenoxy) is 3. The molecule has 11 heteroatoms. The molecule has 5 rings (SSSR count). The zero-order valence-corrected chi connectivity index (χ0v) is 17.3. The van der Waals surface area contributed by atoms with Gasteiger partial charge in [0, 0.05) is 0 Å². The second-order valence-corrected chi connectivity index (χ2v) is 8.67. The molecule has 2 N–H and O–H groups in total. The van der Waals surface area contributed by atoms with Crippen molar-refractivity contribution in [1.82, 2.24) is 19.9 Å². The first-order valence-corrected chi connectivity index (χ1v) is 11.3.